The van der Waals surface area contributed by atoms with Crippen LogP contribution in [0.25, 0.3) is 10.9 Å². The summed E-state index contributed by atoms with van der Waals surface area (Å²) < 4.78 is 27.5. The minimum Gasteiger partial charge on any atom is -0.341 e. The minimum absolute atomic E-state index is 0.0161. The highest BCUT2D eigenvalue weighted by atomic mass is 19.2. The van der Waals surface area contributed by atoms with Crippen molar-refractivity contribution in [3.8, 4) is 0 Å². The fraction of sp³-hybridized carbons (Fsp3) is 0.250. The van der Waals surface area contributed by atoms with Gasteiger partial charge in [-0.05, 0) is 43.7 Å². The molecule has 1 aromatic heterocycles. The summed E-state index contributed by atoms with van der Waals surface area (Å²) in [6.07, 6.45) is -0.221. The van der Waals surface area contributed by atoms with Crippen LogP contribution in [-0.2, 0) is 11.2 Å². The lowest BCUT2D eigenvalue weighted by molar-refractivity contribution is -0.116. The summed E-state index contributed by atoms with van der Waals surface area (Å²) >= 11 is 0. The maximum atomic E-state index is 13.4. The predicted molar refractivity (Wildman–Crippen MR) is 104 cm³/mol. The quantitative estimate of drug-likeness (QED) is 0.732. The van der Waals surface area contributed by atoms with Crippen LogP contribution in [0, 0.1) is 11.6 Å². The lowest BCUT2D eigenvalue weighted by atomic mass is 10.1. The summed E-state index contributed by atoms with van der Waals surface area (Å²) in [5.41, 5.74) is 2.91. The number of hydrogen-bond donors (Lipinski definition) is 1. The second-order valence-corrected chi connectivity index (χ2v) is 6.73. The van der Waals surface area contributed by atoms with E-state index in [4.69, 9.17) is 0 Å². The van der Waals surface area contributed by atoms with Gasteiger partial charge in [0, 0.05) is 13.1 Å². The zero-order chi connectivity index (χ0) is 20.4. The third kappa shape index (κ3) is 3.85. The van der Waals surface area contributed by atoms with Crippen LogP contribution < -0.4 is 15.9 Å². The third-order valence-electron chi connectivity index (χ3n) is 4.43. The molecule has 0 aliphatic carbocycles. The van der Waals surface area contributed by atoms with E-state index in [1.807, 2.05) is 13.8 Å². The van der Waals surface area contributed by atoms with Crippen LogP contribution in [0.15, 0.2) is 47.3 Å². The Bertz CT molecular complexity index is 1100. The van der Waals surface area contributed by atoms with Crippen LogP contribution in [0.4, 0.5) is 14.7 Å². The number of aromatic nitrogens is 2. The Balaban J connectivity index is 1.99. The Labute approximate surface area is 160 Å². The van der Waals surface area contributed by atoms with Crippen LogP contribution in [0.3, 0.4) is 0 Å². The molecule has 0 saturated carbocycles. The number of nitrogens with one attached hydrogen (secondary N) is 1. The van der Waals surface area contributed by atoms with E-state index in [2.05, 4.69) is 10.4 Å². The average molecular weight is 386 g/mol. The topological polar surface area (TPSA) is 67.2 Å². The Morgan fingerprint density at radius 2 is 1.89 bits per heavy atom. The van der Waals surface area contributed by atoms with E-state index in [1.54, 1.807) is 36.2 Å². The van der Waals surface area contributed by atoms with Gasteiger partial charge in [-0.25, -0.2) is 13.8 Å². The molecule has 0 atom stereocenters. The molecule has 0 aliphatic heterocycles. The van der Waals surface area contributed by atoms with Gasteiger partial charge in [0.1, 0.15) is 0 Å². The first-order valence-corrected chi connectivity index (χ1v) is 8.76. The van der Waals surface area contributed by atoms with Gasteiger partial charge < -0.3 is 4.90 Å². The Hall–Kier alpha value is -3.29. The molecule has 1 heterocycles. The molecule has 0 spiro atoms. The Morgan fingerprint density at radius 3 is 2.57 bits per heavy atom. The van der Waals surface area contributed by atoms with Crippen molar-refractivity contribution >= 4 is 22.8 Å². The molecule has 0 radical (unpaired) electrons. The molecule has 1 amide bonds. The third-order valence-corrected chi connectivity index (χ3v) is 4.43. The number of benzene rings is 2. The van der Waals surface area contributed by atoms with Gasteiger partial charge in [0.15, 0.2) is 11.6 Å². The lowest BCUT2D eigenvalue weighted by Crippen LogP contribution is -2.40. The van der Waals surface area contributed by atoms with Gasteiger partial charge >= 0.3 is 0 Å². The number of amides is 1. The molecule has 1 N–H and O–H groups in total. The molecule has 6 nitrogen and oxygen atoms in total. The van der Waals surface area contributed by atoms with Crippen molar-refractivity contribution in [3.05, 3.63) is 70.0 Å². The number of rotatable bonds is 5. The van der Waals surface area contributed by atoms with Crippen molar-refractivity contribution in [2.75, 3.05) is 17.4 Å². The van der Waals surface area contributed by atoms with E-state index in [9.17, 15) is 18.4 Å². The van der Waals surface area contributed by atoms with Gasteiger partial charge in [-0.2, -0.15) is 4.68 Å². The number of para-hydroxylation sites is 1. The summed E-state index contributed by atoms with van der Waals surface area (Å²) in [7, 11) is 1.76. The van der Waals surface area contributed by atoms with Gasteiger partial charge in [-0.1, -0.05) is 18.2 Å². The smallest absolute Gasteiger partial charge is 0.281 e. The first kappa shape index (κ1) is 19.5. The molecular formula is C20H20F2N4O2. The standard InChI is InChI=1S/C20H20F2N4O2/c1-12(2)25(3)20-23-17-7-5-4-6-14(17)19(28)26(20)24-18(27)11-13-8-9-15(21)16(22)10-13/h4-10,12H,11H2,1-3H3,(H,24,27). The Kier molecular flexibility index (Phi) is 5.39. The summed E-state index contributed by atoms with van der Waals surface area (Å²) in [5.74, 6) is -2.30. The molecular weight excluding hydrogens is 366 g/mol. The van der Waals surface area contributed by atoms with Gasteiger partial charge in [0.2, 0.25) is 11.9 Å². The van der Waals surface area contributed by atoms with Crippen molar-refractivity contribution in [1.82, 2.24) is 9.66 Å². The summed E-state index contributed by atoms with van der Waals surface area (Å²) in [6, 6.07) is 10.1. The fourth-order valence-electron chi connectivity index (χ4n) is 2.69. The SMILES string of the molecule is CC(C)N(C)c1nc2ccccc2c(=O)n1NC(=O)Cc1ccc(F)c(F)c1. The molecule has 146 valence electrons. The van der Waals surface area contributed by atoms with Crippen molar-refractivity contribution in [3.63, 3.8) is 0 Å². The second-order valence-electron chi connectivity index (χ2n) is 6.73. The van der Waals surface area contributed by atoms with Gasteiger partial charge in [0.05, 0.1) is 17.3 Å². The zero-order valence-electron chi connectivity index (χ0n) is 15.7. The number of carbonyl (C=O) groups is 1. The first-order chi connectivity index (χ1) is 13.3. The number of anilines is 1. The number of halogens is 2. The monoisotopic (exact) mass is 386 g/mol. The molecule has 2 aromatic carbocycles. The fourth-order valence-corrected chi connectivity index (χ4v) is 2.69. The second kappa shape index (κ2) is 7.75. The van der Waals surface area contributed by atoms with Crippen LogP contribution >= 0.6 is 0 Å². The molecule has 0 fully saturated rings. The maximum Gasteiger partial charge on any atom is 0.281 e. The first-order valence-electron chi connectivity index (χ1n) is 8.76. The van der Waals surface area contributed by atoms with E-state index < -0.39 is 23.1 Å². The molecule has 0 unspecified atom stereocenters. The highest BCUT2D eigenvalue weighted by molar-refractivity contribution is 5.87. The van der Waals surface area contributed by atoms with Crippen molar-refractivity contribution in [1.29, 1.82) is 0 Å². The lowest BCUT2D eigenvalue weighted by Gasteiger charge is -2.26. The summed E-state index contributed by atoms with van der Waals surface area (Å²) in [6.45, 7) is 3.85. The highest BCUT2D eigenvalue weighted by Gasteiger charge is 2.18. The van der Waals surface area contributed by atoms with E-state index in [0.29, 0.717) is 10.9 Å². The molecule has 8 heteroatoms. The molecule has 0 bridgehead atoms. The zero-order valence-corrected chi connectivity index (χ0v) is 15.7. The van der Waals surface area contributed by atoms with E-state index in [0.717, 1.165) is 16.8 Å². The number of carbonyl (C=O) groups excluding carboxylic acids is 1. The largest absolute Gasteiger partial charge is 0.341 e. The summed E-state index contributed by atoms with van der Waals surface area (Å²) in [4.78, 5) is 31.7. The molecule has 0 saturated heterocycles. The van der Waals surface area contributed by atoms with Crippen LogP contribution in [0.5, 0.6) is 0 Å². The van der Waals surface area contributed by atoms with Gasteiger partial charge in [-0.15, -0.1) is 0 Å². The molecule has 28 heavy (non-hydrogen) atoms. The number of nitrogens with zero attached hydrogens (tertiary/aromatic N) is 3. The van der Waals surface area contributed by atoms with Crippen molar-refractivity contribution < 1.29 is 13.6 Å². The molecule has 3 rings (SSSR count). The Morgan fingerprint density at radius 1 is 1.18 bits per heavy atom. The minimum atomic E-state index is -1.03. The predicted octanol–water partition coefficient (Wildman–Crippen LogP) is 2.83. The maximum absolute atomic E-state index is 13.4. The van der Waals surface area contributed by atoms with E-state index in [-0.39, 0.29) is 24.0 Å². The number of hydrogen-bond acceptors (Lipinski definition) is 4. The van der Waals surface area contributed by atoms with Gasteiger partial charge in [0.25, 0.3) is 5.56 Å². The van der Waals surface area contributed by atoms with Crippen LogP contribution in [-0.4, -0.2) is 28.7 Å². The average Bonchev–Trinajstić information content (AvgIpc) is 2.66. The number of fused-ring (bicyclic) bond motifs is 1. The normalized spacial score (nSPS) is 11.1. The highest BCUT2D eigenvalue weighted by Crippen LogP contribution is 2.15. The molecule has 3 aromatic rings. The van der Waals surface area contributed by atoms with Crippen molar-refractivity contribution in [2.45, 2.75) is 26.3 Å². The summed E-state index contributed by atoms with van der Waals surface area (Å²) in [5, 5.41) is 0.358. The van der Waals surface area contributed by atoms with Crippen LogP contribution in [0.2, 0.25) is 0 Å². The van der Waals surface area contributed by atoms with E-state index >= 15 is 0 Å². The molecule has 0 aliphatic rings. The van der Waals surface area contributed by atoms with Crippen LogP contribution in [0.1, 0.15) is 19.4 Å². The van der Waals surface area contributed by atoms with Crippen molar-refractivity contribution in [2.24, 2.45) is 0 Å². The van der Waals surface area contributed by atoms with E-state index in [1.165, 1.54) is 6.07 Å². The van der Waals surface area contributed by atoms with Gasteiger partial charge in [-0.3, -0.25) is 15.0 Å².